The number of rotatable bonds is 5. The van der Waals surface area contributed by atoms with Crippen LogP contribution in [0.5, 0.6) is 0 Å². The van der Waals surface area contributed by atoms with Crippen molar-refractivity contribution in [1.82, 2.24) is 3.97 Å². The first kappa shape index (κ1) is 23.8. The first-order valence-corrected chi connectivity index (χ1v) is 12.3. The number of para-hydroxylation sites is 1. The van der Waals surface area contributed by atoms with E-state index < -0.39 is 33.3 Å². The number of fused-ring (bicyclic) bond motifs is 1. The molecule has 34 heavy (non-hydrogen) atoms. The molecule has 1 saturated carbocycles. The van der Waals surface area contributed by atoms with E-state index in [4.69, 9.17) is 9.47 Å². The largest absolute Gasteiger partial charge is 0.468 e. The van der Waals surface area contributed by atoms with Gasteiger partial charge in [-0.3, -0.25) is 9.59 Å². The molecule has 8 heteroatoms. The molecule has 0 amide bonds. The number of esters is 2. The number of hydrogen-bond donors (Lipinski definition) is 0. The second-order valence-corrected chi connectivity index (χ2v) is 10.6. The first-order valence-electron chi connectivity index (χ1n) is 10.9. The van der Waals surface area contributed by atoms with Gasteiger partial charge in [0.1, 0.15) is 0 Å². The van der Waals surface area contributed by atoms with Crippen LogP contribution in [0.15, 0.2) is 71.6 Å². The van der Waals surface area contributed by atoms with E-state index in [1.807, 2.05) is 25.1 Å². The van der Waals surface area contributed by atoms with Gasteiger partial charge in [-0.2, -0.15) is 0 Å². The minimum atomic E-state index is -3.97. The molecule has 0 aliphatic heterocycles. The van der Waals surface area contributed by atoms with Crippen molar-refractivity contribution in [2.75, 3.05) is 14.2 Å². The maximum absolute atomic E-state index is 13.9. The van der Waals surface area contributed by atoms with E-state index in [0.717, 1.165) is 10.9 Å². The number of hydrogen-bond acceptors (Lipinski definition) is 6. The average Bonchev–Trinajstić information content (AvgIpc) is 3.23. The molecule has 0 N–H and O–H groups in total. The molecule has 2 aromatic carbocycles. The van der Waals surface area contributed by atoms with Crippen LogP contribution in [0.3, 0.4) is 0 Å². The third-order valence-electron chi connectivity index (χ3n) is 6.50. The van der Waals surface area contributed by atoms with Crippen molar-refractivity contribution in [2.24, 2.45) is 5.41 Å². The molecule has 0 spiro atoms. The standard InChI is InChI=1S/C26H27NO6S/c1-17-9-11-21(12-10-17)34(30,31)27-22-8-6-5-7-19(22)14-23(27)20-13-18(2)15-26(16-20,24(28)32-3)25(29)33-4/h5-12,14,20H,2,13,15-16H2,1,3-4H3. The summed E-state index contributed by atoms with van der Waals surface area (Å²) < 4.78 is 39.0. The van der Waals surface area contributed by atoms with Gasteiger partial charge in [-0.1, -0.05) is 48.0 Å². The zero-order chi connectivity index (χ0) is 24.7. The van der Waals surface area contributed by atoms with Gasteiger partial charge >= 0.3 is 11.9 Å². The van der Waals surface area contributed by atoms with Crippen molar-refractivity contribution in [2.45, 2.75) is 37.0 Å². The van der Waals surface area contributed by atoms with E-state index >= 15 is 0 Å². The fourth-order valence-corrected chi connectivity index (χ4v) is 6.52. The predicted molar refractivity (Wildman–Crippen MR) is 128 cm³/mol. The Morgan fingerprint density at radius 2 is 1.65 bits per heavy atom. The van der Waals surface area contributed by atoms with E-state index in [1.165, 1.54) is 18.2 Å². The number of aromatic nitrogens is 1. The Hall–Kier alpha value is -3.39. The van der Waals surface area contributed by atoms with E-state index in [9.17, 15) is 18.0 Å². The third kappa shape index (κ3) is 3.81. The molecular weight excluding hydrogens is 454 g/mol. The Morgan fingerprint density at radius 1 is 1.03 bits per heavy atom. The minimum absolute atomic E-state index is 0.0467. The van der Waals surface area contributed by atoms with Crippen molar-refractivity contribution >= 4 is 32.9 Å². The van der Waals surface area contributed by atoms with Gasteiger partial charge in [-0.05, 0) is 50.5 Å². The van der Waals surface area contributed by atoms with Crippen LogP contribution in [-0.4, -0.2) is 38.5 Å². The predicted octanol–water partition coefficient (Wildman–Crippen LogP) is 4.34. The smallest absolute Gasteiger partial charge is 0.323 e. The molecule has 1 fully saturated rings. The summed E-state index contributed by atoms with van der Waals surface area (Å²) in [6.07, 6.45) is 0.564. The van der Waals surface area contributed by atoms with Gasteiger partial charge in [0.2, 0.25) is 0 Å². The van der Waals surface area contributed by atoms with Gasteiger partial charge in [0.05, 0.1) is 24.6 Å². The second kappa shape index (κ2) is 8.76. The Kier molecular flexibility index (Phi) is 6.12. The summed E-state index contributed by atoms with van der Waals surface area (Å²) in [6, 6.07) is 15.7. The molecule has 1 aliphatic rings. The Bertz CT molecular complexity index is 1370. The molecular formula is C26H27NO6S. The van der Waals surface area contributed by atoms with Crippen LogP contribution in [-0.2, 0) is 29.1 Å². The zero-order valence-electron chi connectivity index (χ0n) is 19.4. The van der Waals surface area contributed by atoms with Crippen molar-refractivity contribution < 1.29 is 27.5 Å². The topological polar surface area (TPSA) is 91.7 Å². The van der Waals surface area contributed by atoms with Gasteiger partial charge in [0.25, 0.3) is 10.0 Å². The Labute approximate surface area is 199 Å². The number of benzene rings is 2. The maximum Gasteiger partial charge on any atom is 0.323 e. The van der Waals surface area contributed by atoms with Crippen LogP contribution in [0.4, 0.5) is 0 Å². The van der Waals surface area contributed by atoms with Crippen molar-refractivity contribution in [1.29, 1.82) is 0 Å². The van der Waals surface area contributed by atoms with Crippen molar-refractivity contribution in [3.63, 3.8) is 0 Å². The highest BCUT2D eigenvalue weighted by molar-refractivity contribution is 7.90. The van der Waals surface area contributed by atoms with E-state index in [1.54, 1.807) is 36.4 Å². The van der Waals surface area contributed by atoms with Gasteiger partial charge in [-0.25, -0.2) is 12.4 Å². The minimum Gasteiger partial charge on any atom is -0.468 e. The molecule has 1 unspecified atom stereocenters. The normalized spacial score (nSPS) is 18.0. The SMILES string of the molecule is C=C1CC(c2cc3ccccc3n2S(=O)(=O)c2ccc(C)cc2)CC(C(=O)OC)(C(=O)OC)C1. The van der Waals surface area contributed by atoms with Crippen LogP contribution in [0.2, 0.25) is 0 Å². The van der Waals surface area contributed by atoms with Crippen LogP contribution in [0.25, 0.3) is 10.9 Å². The average molecular weight is 482 g/mol. The van der Waals surface area contributed by atoms with E-state index in [2.05, 4.69) is 6.58 Å². The van der Waals surface area contributed by atoms with Gasteiger partial charge in [-0.15, -0.1) is 0 Å². The second-order valence-electron chi connectivity index (χ2n) is 8.81. The highest BCUT2D eigenvalue weighted by Gasteiger charge is 2.53. The number of carbonyl (C=O) groups excluding carboxylic acids is 2. The van der Waals surface area contributed by atoms with Gasteiger partial charge in [0.15, 0.2) is 5.41 Å². The molecule has 1 aromatic heterocycles. The van der Waals surface area contributed by atoms with Crippen molar-refractivity contribution in [3.8, 4) is 0 Å². The van der Waals surface area contributed by atoms with Crippen LogP contribution < -0.4 is 0 Å². The molecule has 3 aromatic rings. The van der Waals surface area contributed by atoms with Gasteiger partial charge < -0.3 is 9.47 Å². The summed E-state index contributed by atoms with van der Waals surface area (Å²) in [6.45, 7) is 5.95. The molecule has 4 rings (SSSR count). The molecule has 1 heterocycles. The summed E-state index contributed by atoms with van der Waals surface area (Å²) in [4.78, 5) is 25.8. The number of carbonyl (C=O) groups is 2. The summed E-state index contributed by atoms with van der Waals surface area (Å²) in [5.41, 5.74) is 1.02. The lowest BCUT2D eigenvalue weighted by Gasteiger charge is -2.37. The number of nitrogens with zero attached hydrogens (tertiary/aromatic N) is 1. The lowest BCUT2D eigenvalue weighted by molar-refractivity contribution is -0.171. The molecule has 178 valence electrons. The molecule has 7 nitrogen and oxygen atoms in total. The van der Waals surface area contributed by atoms with Crippen LogP contribution in [0.1, 0.15) is 36.4 Å². The zero-order valence-corrected chi connectivity index (χ0v) is 20.2. The molecule has 0 bridgehead atoms. The number of allylic oxidation sites excluding steroid dienone is 1. The quantitative estimate of drug-likeness (QED) is 0.306. The molecule has 1 aliphatic carbocycles. The summed E-state index contributed by atoms with van der Waals surface area (Å²) in [7, 11) is -1.53. The van der Waals surface area contributed by atoms with Crippen molar-refractivity contribution in [3.05, 3.63) is 78.0 Å². The number of aryl methyl sites for hydroxylation is 1. The Morgan fingerprint density at radius 3 is 2.26 bits per heavy atom. The molecule has 0 radical (unpaired) electrons. The number of methoxy groups -OCH3 is 2. The lowest BCUT2D eigenvalue weighted by Crippen LogP contribution is -2.45. The fraction of sp³-hybridized carbons (Fsp3) is 0.308. The third-order valence-corrected chi connectivity index (χ3v) is 8.26. The maximum atomic E-state index is 13.9. The summed E-state index contributed by atoms with van der Waals surface area (Å²) in [5.74, 6) is -1.91. The summed E-state index contributed by atoms with van der Waals surface area (Å²) in [5, 5.41) is 0.742. The fourth-order valence-electron chi connectivity index (χ4n) is 4.93. The van der Waals surface area contributed by atoms with E-state index in [0.29, 0.717) is 23.2 Å². The van der Waals surface area contributed by atoms with Crippen LogP contribution >= 0.6 is 0 Å². The summed E-state index contributed by atoms with van der Waals surface area (Å²) >= 11 is 0. The molecule has 0 saturated heterocycles. The first-order chi connectivity index (χ1) is 16.1. The number of ether oxygens (including phenoxy) is 2. The van der Waals surface area contributed by atoms with Crippen LogP contribution in [0, 0.1) is 12.3 Å². The highest BCUT2D eigenvalue weighted by Crippen LogP contribution is 2.48. The van der Waals surface area contributed by atoms with E-state index in [-0.39, 0.29) is 17.7 Å². The monoisotopic (exact) mass is 481 g/mol. The van der Waals surface area contributed by atoms with Gasteiger partial charge in [0, 0.05) is 17.0 Å². The Balaban J connectivity index is 1.93. The molecule has 1 atom stereocenters. The highest BCUT2D eigenvalue weighted by atomic mass is 32.2. The lowest BCUT2D eigenvalue weighted by atomic mass is 9.67.